The number of hydrogen-bond donors (Lipinski definition) is 2. The average molecular weight is 395 g/mol. The van der Waals surface area contributed by atoms with E-state index in [2.05, 4.69) is 84.9 Å². The maximum absolute atomic E-state index is 5.95. The summed E-state index contributed by atoms with van der Waals surface area (Å²) in [6, 6.07) is 23.6. The van der Waals surface area contributed by atoms with Gasteiger partial charge in [-0.25, -0.2) is 4.98 Å². The number of nitrogens with two attached hydrogens (primary N) is 1. The van der Waals surface area contributed by atoms with Crippen molar-refractivity contribution < 1.29 is 0 Å². The van der Waals surface area contributed by atoms with E-state index in [9.17, 15) is 0 Å². The van der Waals surface area contributed by atoms with E-state index in [1.807, 2.05) is 12.1 Å². The summed E-state index contributed by atoms with van der Waals surface area (Å²) in [6.07, 6.45) is 1.07. The molecule has 1 aliphatic rings. The molecule has 0 radical (unpaired) electrons. The number of rotatable bonds is 4. The molecule has 1 heterocycles. The number of fused-ring (bicyclic) bond motifs is 2. The molecule has 0 bridgehead atoms. The van der Waals surface area contributed by atoms with Crippen molar-refractivity contribution in [3.05, 3.63) is 95.6 Å². The predicted molar refractivity (Wildman–Crippen MR) is 125 cm³/mol. The normalized spacial score (nSPS) is 17.8. The third-order valence-electron chi connectivity index (χ3n) is 6.10. The fraction of sp³-hybridized carbons (Fsp3) is 0.192. The monoisotopic (exact) mass is 394 g/mol. The Labute approximate surface area is 177 Å². The van der Waals surface area contributed by atoms with Crippen LogP contribution in [0.2, 0.25) is 0 Å². The third kappa shape index (κ3) is 3.05. The van der Waals surface area contributed by atoms with Crippen molar-refractivity contribution in [1.82, 2.24) is 9.55 Å². The van der Waals surface area contributed by atoms with Crippen LogP contribution in [-0.4, -0.2) is 9.55 Å². The zero-order chi connectivity index (χ0) is 20.8. The zero-order valence-electron chi connectivity index (χ0n) is 17.4. The van der Waals surface area contributed by atoms with Gasteiger partial charge in [-0.3, -0.25) is 0 Å². The van der Waals surface area contributed by atoms with Gasteiger partial charge >= 0.3 is 0 Å². The second kappa shape index (κ2) is 7.06. The summed E-state index contributed by atoms with van der Waals surface area (Å²) >= 11 is 0. The number of imidazole rings is 1. The van der Waals surface area contributed by atoms with E-state index in [1.165, 1.54) is 16.7 Å². The molecule has 0 saturated carbocycles. The van der Waals surface area contributed by atoms with Gasteiger partial charge in [0.1, 0.15) is 0 Å². The van der Waals surface area contributed by atoms with Gasteiger partial charge in [0, 0.05) is 11.4 Å². The van der Waals surface area contributed by atoms with Gasteiger partial charge < -0.3 is 15.6 Å². The first kappa shape index (κ1) is 18.5. The fourth-order valence-corrected chi connectivity index (χ4v) is 4.60. The van der Waals surface area contributed by atoms with Crippen LogP contribution >= 0.6 is 0 Å². The van der Waals surface area contributed by atoms with Gasteiger partial charge in [-0.2, -0.15) is 0 Å². The molecule has 4 aromatic rings. The van der Waals surface area contributed by atoms with Crippen molar-refractivity contribution in [2.24, 2.45) is 11.7 Å². The van der Waals surface area contributed by atoms with E-state index >= 15 is 0 Å². The summed E-state index contributed by atoms with van der Waals surface area (Å²) in [6.45, 7) is 8.30. The second-order valence-electron chi connectivity index (χ2n) is 8.35. The van der Waals surface area contributed by atoms with Crippen LogP contribution in [0.4, 0.5) is 11.6 Å². The predicted octanol–water partition coefficient (Wildman–Crippen LogP) is 5.80. The molecule has 0 saturated heterocycles. The van der Waals surface area contributed by atoms with Crippen molar-refractivity contribution in [1.29, 1.82) is 0 Å². The Hall–Kier alpha value is -3.53. The molecule has 0 amide bonds. The van der Waals surface area contributed by atoms with Gasteiger partial charge in [0.15, 0.2) is 0 Å². The highest BCUT2D eigenvalue weighted by atomic mass is 15.2. The Morgan fingerprint density at radius 2 is 1.87 bits per heavy atom. The molecule has 0 unspecified atom stereocenters. The number of nitrogens with one attached hydrogen (secondary N) is 1. The van der Waals surface area contributed by atoms with Crippen LogP contribution in [0.15, 0.2) is 73.3 Å². The van der Waals surface area contributed by atoms with Gasteiger partial charge in [0.2, 0.25) is 5.95 Å². The number of nitrogens with zero attached hydrogens (tertiary/aromatic N) is 2. The van der Waals surface area contributed by atoms with E-state index < -0.39 is 0 Å². The van der Waals surface area contributed by atoms with E-state index in [1.54, 1.807) is 0 Å². The summed E-state index contributed by atoms with van der Waals surface area (Å²) in [5.74, 6) is 1.32. The minimum absolute atomic E-state index is 0.228. The minimum atomic E-state index is 0.228. The Balaban J connectivity index is 1.70. The van der Waals surface area contributed by atoms with Crippen LogP contribution in [0.5, 0.6) is 0 Å². The highest BCUT2D eigenvalue weighted by molar-refractivity contribution is 5.84. The molecule has 0 fully saturated rings. The zero-order valence-corrected chi connectivity index (χ0v) is 17.4. The van der Waals surface area contributed by atoms with Crippen molar-refractivity contribution in [3.8, 4) is 0 Å². The SMILES string of the molecule is C=C(N)c1ccc2c(c1)nc(Nc1ccc(C)cc1)n2[C@H]1c2ccccc2C[C@H]1C. The highest BCUT2D eigenvalue weighted by Gasteiger charge is 2.33. The summed E-state index contributed by atoms with van der Waals surface area (Å²) in [4.78, 5) is 4.98. The lowest BCUT2D eigenvalue weighted by Crippen LogP contribution is -2.16. The van der Waals surface area contributed by atoms with Crippen LogP contribution in [0, 0.1) is 12.8 Å². The van der Waals surface area contributed by atoms with Crippen LogP contribution in [0.3, 0.4) is 0 Å². The topological polar surface area (TPSA) is 55.9 Å². The smallest absolute Gasteiger partial charge is 0.209 e. The largest absolute Gasteiger partial charge is 0.399 e. The van der Waals surface area contributed by atoms with Crippen molar-refractivity contribution >= 4 is 28.4 Å². The number of aromatic nitrogens is 2. The maximum atomic E-state index is 5.95. The second-order valence-corrected chi connectivity index (χ2v) is 8.35. The minimum Gasteiger partial charge on any atom is -0.399 e. The van der Waals surface area contributed by atoms with E-state index in [-0.39, 0.29) is 6.04 Å². The summed E-state index contributed by atoms with van der Waals surface area (Å²) in [5, 5.41) is 3.56. The Kier molecular flexibility index (Phi) is 4.35. The summed E-state index contributed by atoms with van der Waals surface area (Å²) in [5.41, 5.74) is 14.5. The lowest BCUT2D eigenvalue weighted by atomic mass is 10.0. The van der Waals surface area contributed by atoms with Crippen LogP contribution in [0.1, 0.15) is 35.2 Å². The molecule has 150 valence electrons. The molecule has 1 aliphatic carbocycles. The van der Waals surface area contributed by atoms with E-state index in [0.717, 1.165) is 34.7 Å². The summed E-state index contributed by atoms with van der Waals surface area (Å²) in [7, 11) is 0. The van der Waals surface area contributed by atoms with Crippen molar-refractivity contribution in [2.75, 3.05) is 5.32 Å². The molecule has 1 aromatic heterocycles. The maximum Gasteiger partial charge on any atom is 0.209 e. The molecular weight excluding hydrogens is 368 g/mol. The molecule has 3 aromatic carbocycles. The van der Waals surface area contributed by atoms with Crippen molar-refractivity contribution in [3.63, 3.8) is 0 Å². The van der Waals surface area contributed by atoms with E-state index in [4.69, 9.17) is 10.7 Å². The van der Waals surface area contributed by atoms with E-state index in [0.29, 0.717) is 11.6 Å². The third-order valence-corrected chi connectivity index (χ3v) is 6.10. The number of aryl methyl sites for hydroxylation is 1. The molecule has 2 atom stereocenters. The molecule has 30 heavy (non-hydrogen) atoms. The quantitative estimate of drug-likeness (QED) is 0.460. The van der Waals surface area contributed by atoms with Gasteiger partial charge in [0.05, 0.1) is 17.1 Å². The Morgan fingerprint density at radius 3 is 2.63 bits per heavy atom. The first-order chi connectivity index (χ1) is 14.5. The van der Waals surface area contributed by atoms with Gasteiger partial charge in [0.25, 0.3) is 0 Å². The molecule has 0 aliphatic heterocycles. The Morgan fingerprint density at radius 1 is 1.10 bits per heavy atom. The van der Waals surface area contributed by atoms with Gasteiger partial charge in [-0.05, 0) is 60.2 Å². The van der Waals surface area contributed by atoms with Crippen LogP contribution < -0.4 is 11.1 Å². The molecular formula is C26H26N4. The van der Waals surface area contributed by atoms with Gasteiger partial charge in [-0.15, -0.1) is 0 Å². The standard InChI is InChI=1S/C26H26N4/c1-16-8-11-21(12-9-16)28-26-29-23-15-19(18(3)27)10-13-24(23)30(26)25-17(2)14-20-6-4-5-7-22(20)25/h4-13,15,17,25H,3,14,27H2,1-2H3,(H,28,29)/t17-,25-/m1/s1. The molecule has 3 N–H and O–H groups in total. The van der Waals surface area contributed by atoms with Crippen molar-refractivity contribution in [2.45, 2.75) is 26.3 Å². The van der Waals surface area contributed by atoms with Crippen LogP contribution in [0.25, 0.3) is 16.7 Å². The number of hydrogen-bond acceptors (Lipinski definition) is 3. The lowest BCUT2D eigenvalue weighted by molar-refractivity contribution is 0.453. The highest BCUT2D eigenvalue weighted by Crippen LogP contribution is 2.42. The summed E-state index contributed by atoms with van der Waals surface area (Å²) < 4.78 is 2.36. The number of benzene rings is 3. The molecule has 5 rings (SSSR count). The lowest BCUT2D eigenvalue weighted by Gasteiger charge is -2.23. The van der Waals surface area contributed by atoms with Gasteiger partial charge in [-0.1, -0.05) is 61.5 Å². The van der Waals surface area contributed by atoms with Crippen LogP contribution in [-0.2, 0) is 6.42 Å². The molecule has 4 nitrogen and oxygen atoms in total. The first-order valence-corrected chi connectivity index (χ1v) is 10.4. The molecule has 0 spiro atoms. The molecule has 4 heteroatoms. The fourth-order valence-electron chi connectivity index (χ4n) is 4.60. The number of anilines is 2. The Bertz CT molecular complexity index is 1250. The average Bonchev–Trinajstić information content (AvgIpc) is 3.24. The first-order valence-electron chi connectivity index (χ1n) is 10.4.